The summed E-state index contributed by atoms with van der Waals surface area (Å²) >= 11 is 0. The van der Waals surface area contributed by atoms with Gasteiger partial charge in [-0.1, -0.05) is 32.5 Å². The van der Waals surface area contributed by atoms with E-state index in [-0.39, 0.29) is 5.48 Å². The van der Waals surface area contributed by atoms with E-state index >= 15 is 0 Å². The molecule has 2 aromatic rings. The van der Waals surface area contributed by atoms with Crippen LogP contribution >= 0.6 is 8.20 Å². The molecule has 21 heavy (non-hydrogen) atoms. The average molecular weight is 297 g/mol. The van der Waals surface area contributed by atoms with Crippen molar-refractivity contribution in [2.75, 3.05) is 0 Å². The Morgan fingerprint density at radius 1 is 0.810 bits per heavy atom. The SMILES string of the molecule is Cc1cc(C)c(C([O-])=Pc2c(C)cccc2C)c(C)c1C. The second-order valence-electron chi connectivity index (χ2n) is 5.79. The molecule has 0 N–H and O–H groups in total. The minimum atomic E-state index is 0.200. The highest BCUT2D eigenvalue weighted by Crippen LogP contribution is 2.23. The fraction of sp³-hybridized carbons (Fsp3) is 0.316. The van der Waals surface area contributed by atoms with Gasteiger partial charge < -0.3 is 5.11 Å². The fourth-order valence-corrected chi connectivity index (χ4v) is 3.91. The molecule has 0 heterocycles. The minimum absolute atomic E-state index is 0.200. The molecular weight excluding hydrogens is 275 g/mol. The Bertz CT molecular complexity index is 707. The average Bonchev–Trinajstić information content (AvgIpc) is 2.40. The van der Waals surface area contributed by atoms with Crippen molar-refractivity contribution in [3.05, 3.63) is 63.2 Å². The maximum Gasteiger partial charge on any atom is 0.00666 e. The molecule has 0 spiro atoms. The van der Waals surface area contributed by atoms with Crippen LogP contribution in [0.2, 0.25) is 0 Å². The lowest BCUT2D eigenvalue weighted by molar-refractivity contribution is -0.207. The summed E-state index contributed by atoms with van der Waals surface area (Å²) in [6, 6.07) is 8.31. The van der Waals surface area contributed by atoms with Gasteiger partial charge in [0.05, 0.1) is 0 Å². The second kappa shape index (κ2) is 6.13. The van der Waals surface area contributed by atoms with E-state index in [0.717, 1.165) is 30.2 Å². The van der Waals surface area contributed by atoms with E-state index in [9.17, 15) is 5.11 Å². The van der Waals surface area contributed by atoms with Crippen molar-refractivity contribution in [1.29, 1.82) is 0 Å². The Kier molecular flexibility index (Phi) is 4.66. The van der Waals surface area contributed by atoms with E-state index in [1.807, 2.05) is 13.0 Å². The summed E-state index contributed by atoms with van der Waals surface area (Å²) in [5.74, 6) is 0. The summed E-state index contributed by atoms with van der Waals surface area (Å²) in [5, 5.41) is 13.9. The van der Waals surface area contributed by atoms with Crippen LogP contribution in [0.15, 0.2) is 24.3 Å². The molecule has 0 aliphatic carbocycles. The predicted octanol–water partition coefficient (Wildman–Crippen LogP) is 3.65. The van der Waals surface area contributed by atoms with E-state index in [1.165, 1.54) is 22.3 Å². The van der Waals surface area contributed by atoms with Crippen LogP contribution in [0.4, 0.5) is 0 Å². The van der Waals surface area contributed by atoms with Gasteiger partial charge in [0.15, 0.2) is 0 Å². The third kappa shape index (κ3) is 3.10. The van der Waals surface area contributed by atoms with Gasteiger partial charge in [-0.3, -0.25) is 0 Å². The van der Waals surface area contributed by atoms with Gasteiger partial charge in [-0.15, -0.1) is 5.48 Å². The van der Waals surface area contributed by atoms with Crippen molar-refractivity contribution in [2.24, 2.45) is 0 Å². The predicted molar refractivity (Wildman–Crippen MR) is 92.0 cm³/mol. The Morgan fingerprint density at radius 2 is 1.38 bits per heavy atom. The maximum atomic E-state index is 12.8. The molecule has 0 aliphatic rings. The summed E-state index contributed by atoms with van der Waals surface area (Å²) in [4.78, 5) is 0. The molecule has 0 amide bonds. The van der Waals surface area contributed by atoms with Gasteiger partial charge in [0.1, 0.15) is 0 Å². The molecule has 0 saturated heterocycles. The number of hydrogen-bond donors (Lipinski definition) is 0. The van der Waals surface area contributed by atoms with E-state index in [4.69, 9.17) is 0 Å². The standard InChI is InChI=1S/C19H23OP/c1-11-8-7-9-12(2)18(11)21-19(20)17-14(4)10-13(3)15(5)16(17)6/h7-10,20H,1-6H3/p-1. The minimum Gasteiger partial charge on any atom is -0.823 e. The van der Waals surface area contributed by atoms with Gasteiger partial charge >= 0.3 is 0 Å². The topological polar surface area (TPSA) is 23.1 Å². The molecule has 0 fully saturated rings. The van der Waals surface area contributed by atoms with E-state index in [2.05, 4.69) is 52.8 Å². The lowest BCUT2D eigenvalue weighted by Gasteiger charge is -2.21. The molecule has 0 aliphatic heterocycles. The Hall–Kier alpha value is -1.43. The first-order valence-electron chi connectivity index (χ1n) is 7.22. The quantitative estimate of drug-likeness (QED) is 0.776. The smallest absolute Gasteiger partial charge is 0.00666 e. The first-order chi connectivity index (χ1) is 9.82. The Morgan fingerprint density at radius 3 is 1.95 bits per heavy atom. The summed E-state index contributed by atoms with van der Waals surface area (Å²) in [6.07, 6.45) is 0. The van der Waals surface area contributed by atoms with Crippen molar-refractivity contribution >= 4 is 19.0 Å². The third-order valence-corrected chi connectivity index (χ3v) is 5.58. The molecule has 0 atom stereocenters. The van der Waals surface area contributed by atoms with Crippen LogP contribution in [0.25, 0.3) is 0 Å². The van der Waals surface area contributed by atoms with Crippen LogP contribution < -0.4 is 10.4 Å². The highest BCUT2D eigenvalue weighted by molar-refractivity contribution is 7.49. The summed E-state index contributed by atoms with van der Waals surface area (Å²) in [5.41, 5.74) is 8.14. The lowest BCUT2D eigenvalue weighted by atomic mass is 9.95. The van der Waals surface area contributed by atoms with Crippen molar-refractivity contribution in [1.82, 2.24) is 0 Å². The molecule has 0 unspecified atom stereocenters. The highest BCUT2D eigenvalue weighted by atomic mass is 31.1. The zero-order valence-electron chi connectivity index (χ0n) is 13.7. The van der Waals surface area contributed by atoms with Gasteiger partial charge in [-0.2, -0.15) is 0 Å². The van der Waals surface area contributed by atoms with Crippen molar-refractivity contribution in [3.8, 4) is 0 Å². The Labute approximate surface area is 129 Å². The first-order valence-corrected chi connectivity index (χ1v) is 8.12. The van der Waals surface area contributed by atoms with Crippen molar-refractivity contribution in [2.45, 2.75) is 41.5 Å². The van der Waals surface area contributed by atoms with E-state index in [0.29, 0.717) is 0 Å². The molecule has 0 radical (unpaired) electrons. The van der Waals surface area contributed by atoms with Crippen LogP contribution in [0.1, 0.15) is 38.9 Å². The van der Waals surface area contributed by atoms with Crippen LogP contribution in [0.3, 0.4) is 0 Å². The monoisotopic (exact) mass is 297 g/mol. The fourth-order valence-electron chi connectivity index (χ4n) is 2.75. The van der Waals surface area contributed by atoms with Gasteiger partial charge in [0, 0.05) is 5.30 Å². The molecule has 2 aromatic carbocycles. The highest BCUT2D eigenvalue weighted by Gasteiger charge is 2.08. The van der Waals surface area contributed by atoms with Crippen LogP contribution in [0, 0.1) is 41.5 Å². The maximum absolute atomic E-state index is 12.8. The van der Waals surface area contributed by atoms with Crippen molar-refractivity contribution in [3.63, 3.8) is 0 Å². The van der Waals surface area contributed by atoms with Crippen LogP contribution in [-0.4, -0.2) is 5.48 Å². The van der Waals surface area contributed by atoms with Crippen LogP contribution in [0.5, 0.6) is 0 Å². The normalized spacial score (nSPS) is 11.9. The number of hydrogen-bond acceptors (Lipinski definition) is 1. The van der Waals surface area contributed by atoms with Gasteiger partial charge in [0.25, 0.3) is 0 Å². The van der Waals surface area contributed by atoms with E-state index < -0.39 is 0 Å². The van der Waals surface area contributed by atoms with E-state index in [1.54, 1.807) is 0 Å². The number of aryl methyl sites for hydroxylation is 4. The third-order valence-electron chi connectivity index (χ3n) is 4.22. The van der Waals surface area contributed by atoms with Crippen molar-refractivity contribution < 1.29 is 5.11 Å². The largest absolute Gasteiger partial charge is 0.823 e. The zero-order valence-corrected chi connectivity index (χ0v) is 14.6. The second-order valence-corrected chi connectivity index (χ2v) is 6.87. The molecular formula is C19H22OP-. The molecule has 0 saturated carbocycles. The molecule has 110 valence electrons. The van der Waals surface area contributed by atoms with Gasteiger partial charge in [-0.05, 0) is 80.5 Å². The summed E-state index contributed by atoms with van der Waals surface area (Å²) < 4.78 is 0. The van der Waals surface area contributed by atoms with Gasteiger partial charge in [-0.25, -0.2) is 0 Å². The number of rotatable bonds is 2. The molecule has 0 aromatic heterocycles. The zero-order chi connectivity index (χ0) is 15.7. The van der Waals surface area contributed by atoms with Gasteiger partial charge in [0.2, 0.25) is 0 Å². The molecule has 1 nitrogen and oxygen atoms in total. The molecule has 2 heteroatoms. The summed E-state index contributed by atoms with van der Waals surface area (Å²) in [7, 11) is 0.777. The summed E-state index contributed by atoms with van der Waals surface area (Å²) in [6.45, 7) is 12.4. The number of benzene rings is 2. The van der Waals surface area contributed by atoms with Crippen LogP contribution in [-0.2, 0) is 0 Å². The first kappa shape index (κ1) is 15.9. The molecule has 0 bridgehead atoms. The lowest BCUT2D eigenvalue weighted by Crippen LogP contribution is -2.22. The Balaban J connectivity index is 2.63. The molecule has 2 rings (SSSR count).